The van der Waals surface area contributed by atoms with Crippen molar-refractivity contribution in [3.8, 4) is 5.75 Å². The molecule has 0 unspecified atom stereocenters. The molecule has 0 saturated heterocycles. The summed E-state index contributed by atoms with van der Waals surface area (Å²) in [5.74, 6) is 0.852. The standard InChI is InChI=1S/C23H25ClN2O3/c1-23(2)14-16-6-9-18(29-3)12-19(16)20(26-23)13-21(27)15-4-7-17(8-5-15)25-22(28)10-11-24/h4-9,12H,10-11,13-14H2,1-3H3,(H,25,28). The van der Waals surface area contributed by atoms with Crippen molar-refractivity contribution in [2.24, 2.45) is 4.99 Å². The molecule has 1 aliphatic heterocycles. The van der Waals surface area contributed by atoms with E-state index < -0.39 is 0 Å². The lowest BCUT2D eigenvalue weighted by Crippen LogP contribution is -2.30. The SMILES string of the molecule is COc1ccc2c(c1)C(CC(=O)c1ccc(NC(=O)CCCl)cc1)=NC(C)(C)C2. The van der Waals surface area contributed by atoms with Gasteiger partial charge in [0.2, 0.25) is 5.91 Å². The van der Waals surface area contributed by atoms with Crippen molar-refractivity contribution in [1.82, 2.24) is 0 Å². The van der Waals surface area contributed by atoms with Crippen molar-refractivity contribution < 1.29 is 14.3 Å². The molecule has 1 N–H and O–H groups in total. The van der Waals surface area contributed by atoms with Crippen molar-refractivity contribution in [2.75, 3.05) is 18.3 Å². The Hall–Kier alpha value is -2.66. The molecule has 0 atom stereocenters. The Morgan fingerprint density at radius 3 is 2.55 bits per heavy atom. The van der Waals surface area contributed by atoms with Crippen molar-refractivity contribution in [1.29, 1.82) is 0 Å². The Kier molecular flexibility index (Phi) is 6.38. The van der Waals surface area contributed by atoms with Gasteiger partial charge in [0.25, 0.3) is 0 Å². The zero-order valence-corrected chi connectivity index (χ0v) is 17.7. The minimum Gasteiger partial charge on any atom is -0.497 e. The predicted octanol–water partition coefficient (Wildman–Crippen LogP) is 4.66. The van der Waals surface area contributed by atoms with Gasteiger partial charge in [-0.05, 0) is 62.2 Å². The summed E-state index contributed by atoms with van der Waals surface area (Å²) in [7, 11) is 1.63. The van der Waals surface area contributed by atoms with Gasteiger partial charge in [0.05, 0.1) is 24.8 Å². The molecule has 0 aliphatic carbocycles. The molecule has 1 aliphatic rings. The van der Waals surface area contributed by atoms with E-state index >= 15 is 0 Å². The maximum atomic E-state index is 12.9. The van der Waals surface area contributed by atoms with Crippen LogP contribution in [0.15, 0.2) is 47.5 Å². The summed E-state index contributed by atoms with van der Waals surface area (Å²) in [6.45, 7) is 4.14. The molecule has 1 heterocycles. The van der Waals surface area contributed by atoms with Gasteiger partial charge in [-0.25, -0.2) is 0 Å². The Labute approximate surface area is 176 Å². The van der Waals surface area contributed by atoms with Gasteiger partial charge in [0.15, 0.2) is 5.78 Å². The Bertz CT molecular complexity index is 949. The van der Waals surface area contributed by atoms with Crippen LogP contribution in [-0.4, -0.2) is 35.9 Å². The molecule has 29 heavy (non-hydrogen) atoms. The third-order valence-corrected chi connectivity index (χ3v) is 5.02. The predicted molar refractivity (Wildman–Crippen MR) is 117 cm³/mol. The third kappa shape index (κ3) is 5.24. The number of methoxy groups -OCH3 is 1. The lowest BCUT2D eigenvalue weighted by molar-refractivity contribution is -0.115. The van der Waals surface area contributed by atoms with E-state index in [-0.39, 0.29) is 36.0 Å². The quantitative estimate of drug-likeness (QED) is 0.531. The molecular weight excluding hydrogens is 388 g/mol. The number of rotatable bonds is 7. The molecule has 152 valence electrons. The number of fused-ring (bicyclic) bond motifs is 1. The van der Waals surface area contributed by atoms with E-state index in [0.29, 0.717) is 11.3 Å². The van der Waals surface area contributed by atoms with E-state index in [0.717, 1.165) is 23.4 Å². The fourth-order valence-corrected chi connectivity index (χ4v) is 3.65. The van der Waals surface area contributed by atoms with Gasteiger partial charge in [-0.3, -0.25) is 14.6 Å². The second-order valence-corrected chi connectivity index (χ2v) is 8.11. The largest absolute Gasteiger partial charge is 0.497 e. The molecule has 1 amide bonds. The third-order valence-electron chi connectivity index (χ3n) is 4.83. The number of aliphatic imine (C=N–C) groups is 1. The average Bonchev–Trinajstić information content (AvgIpc) is 2.67. The lowest BCUT2D eigenvalue weighted by Gasteiger charge is -2.29. The van der Waals surface area contributed by atoms with Crippen molar-refractivity contribution in [2.45, 2.75) is 38.6 Å². The van der Waals surface area contributed by atoms with Crippen molar-refractivity contribution in [3.63, 3.8) is 0 Å². The molecule has 2 aromatic rings. The number of nitrogens with zero attached hydrogens (tertiary/aromatic N) is 1. The molecule has 0 saturated carbocycles. The minimum absolute atomic E-state index is 0.0196. The van der Waals surface area contributed by atoms with Gasteiger partial charge in [-0.2, -0.15) is 0 Å². The summed E-state index contributed by atoms with van der Waals surface area (Å²) in [6, 6.07) is 12.8. The molecule has 5 nitrogen and oxygen atoms in total. The van der Waals surface area contributed by atoms with Crippen LogP contribution in [0.3, 0.4) is 0 Å². The van der Waals surface area contributed by atoms with E-state index in [1.807, 2.05) is 18.2 Å². The number of alkyl halides is 1. The Balaban J connectivity index is 1.79. The van der Waals surface area contributed by atoms with E-state index in [1.54, 1.807) is 31.4 Å². The topological polar surface area (TPSA) is 67.8 Å². The molecule has 0 fully saturated rings. The number of carbonyl (C=O) groups excluding carboxylic acids is 2. The molecule has 6 heteroatoms. The lowest BCUT2D eigenvalue weighted by atomic mass is 9.85. The Morgan fingerprint density at radius 2 is 1.90 bits per heavy atom. The zero-order valence-electron chi connectivity index (χ0n) is 16.9. The van der Waals surface area contributed by atoms with Crippen LogP contribution in [0, 0.1) is 0 Å². The maximum Gasteiger partial charge on any atom is 0.225 e. The monoisotopic (exact) mass is 412 g/mol. The number of carbonyl (C=O) groups is 2. The van der Waals surface area contributed by atoms with Crippen LogP contribution < -0.4 is 10.1 Å². The van der Waals surface area contributed by atoms with Gasteiger partial charge in [0.1, 0.15) is 5.75 Å². The number of halogens is 1. The van der Waals surface area contributed by atoms with Gasteiger partial charge in [0, 0.05) is 29.1 Å². The number of hydrogen-bond donors (Lipinski definition) is 1. The summed E-state index contributed by atoms with van der Waals surface area (Å²) >= 11 is 5.57. The van der Waals surface area contributed by atoms with Crippen LogP contribution in [0.5, 0.6) is 5.75 Å². The van der Waals surface area contributed by atoms with E-state index in [4.69, 9.17) is 21.3 Å². The summed E-state index contributed by atoms with van der Waals surface area (Å²) in [6.07, 6.45) is 1.28. The van der Waals surface area contributed by atoms with Gasteiger partial charge < -0.3 is 10.1 Å². The Morgan fingerprint density at radius 1 is 1.17 bits per heavy atom. The second-order valence-electron chi connectivity index (χ2n) is 7.74. The first kappa shape index (κ1) is 21.1. The van der Waals surface area contributed by atoms with Crippen LogP contribution >= 0.6 is 11.6 Å². The van der Waals surface area contributed by atoms with E-state index in [1.165, 1.54) is 5.56 Å². The number of benzene rings is 2. The zero-order chi connectivity index (χ0) is 21.0. The summed E-state index contributed by atoms with van der Waals surface area (Å²) in [4.78, 5) is 29.4. The molecular formula is C23H25ClN2O3. The normalized spacial score (nSPS) is 14.6. The van der Waals surface area contributed by atoms with E-state index in [2.05, 4.69) is 19.2 Å². The van der Waals surface area contributed by atoms with Crippen LogP contribution in [-0.2, 0) is 11.2 Å². The number of nitrogens with one attached hydrogen (secondary N) is 1. The number of anilines is 1. The van der Waals surface area contributed by atoms with Crippen LogP contribution in [0.25, 0.3) is 0 Å². The van der Waals surface area contributed by atoms with Crippen LogP contribution in [0.4, 0.5) is 5.69 Å². The number of hydrogen-bond acceptors (Lipinski definition) is 4. The number of ketones is 1. The van der Waals surface area contributed by atoms with Crippen molar-refractivity contribution >= 4 is 34.7 Å². The van der Waals surface area contributed by atoms with E-state index in [9.17, 15) is 9.59 Å². The fourth-order valence-electron chi connectivity index (χ4n) is 3.47. The highest BCUT2D eigenvalue weighted by Crippen LogP contribution is 2.31. The first-order valence-corrected chi connectivity index (χ1v) is 10.1. The molecule has 0 bridgehead atoms. The second kappa shape index (κ2) is 8.78. The molecule has 0 spiro atoms. The molecule has 0 radical (unpaired) electrons. The smallest absolute Gasteiger partial charge is 0.225 e. The van der Waals surface area contributed by atoms with Gasteiger partial charge in [-0.15, -0.1) is 11.6 Å². The maximum absolute atomic E-state index is 12.9. The molecule has 2 aromatic carbocycles. The van der Waals surface area contributed by atoms with Crippen molar-refractivity contribution in [3.05, 3.63) is 59.2 Å². The summed E-state index contributed by atoms with van der Waals surface area (Å²) in [5.41, 5.74) is 3.89. The first-order valence-electron chi connectivity index (χ1n) is 9.56. The number of ether oxygens (including phenoxy) is 1. The summed E-state index contributed by atoms with van der Waals surface area (Å²) < 4.78 is 5.35. The molecule has 3 rings (SSSR count). The average molecular weight is 413 g/mol. The highest BCUT2D eigenvalue weighted by atomic mass is 35.5. The van der Waals surface area contributed by atoms with Gasteiger partial charge >= 0.3 is 0 Å². The first-order chi connectivity index (χ1) is 13.8. The van der Waals surface area contributed by atoms with Crippen LogP contribution in [0.1, 0.15) is 48.2 Å². The van der Waals surface area contributed by atoms with Crippen LogP contribution in [0.2, 0.25) is 0 Å². The molecule has 0 aromatic heterocycles. The summed E-state index contributed by atoms with van der Waals surface area (Å²) in [5, 5.41) is 2.75. The number of Topliss-reactive ketones (excluding diaryl/α,β-unsaturated/α-hetero) is 1. The fraction of sp³-hybridized carbons (Fsp3) is 0.348. The highest BCUT2D eigenvalue weighted by molar-refractivity contribution is 6.19. The number of amides is 1. The highest BCUT2D eigenvalue weighted by Gasteiger charge is 2.28. The van der Waals surface area contributed by atoms with Gasteiger partial charge in [-0.1, -0.05) is 6.07 Å². The minimum atomic E-state index is -0.256.